The maximum Gasteiger partial charge on any atom is 0.243 e. The van der Waals surface area contributed by atoms with Crippen LogP contribution in [0.1, 0.15) is 42.8 Å². The molecule has 1 aromatic carbocycles. The molecule has 28 heavy (non-hydrogen) atoms. The van der Waals surface area contributed by atoms with Crippen LogP contribution in [0.15, 0.2) is 22.7 Å². The van der Waals surface area contributed by atoms with Gasteiger partial charge in [-0.2, -0.15) is 5.10 Å². The maximum atomic E-state index is 12.2. The van der Waals surface area contributed by atoms with E-state index in [0.29, 0.717) is 18.8 Å². The van der Waals surface area contributed by atoms with E-state index < -0.39 is 0 Å². The molecule has 6 nitrogen and oxygen atoms in total. The van der Waals surface area contributed by atoms with Crippen LogP contribution in [-0.2, 0) is 22.6 Å². The monoisotopic (exact) mass is 448 g/mol. The number of nitrogens with zero attached hydrogens (tertiary/aromatic N) is 2. The normalized spacial score (nSPS) is 11.0. The Bertz CT molecular complexity index is 858. The zero-order valence-electron chi connectivity index (χ0n) is 17.2. The third-order valence-electron chi connectivity index (χ3n) is 4.58. The summed E-state index contributed by atoms with van der Waals surface area (Å²) in [4.78, 5) is 24.3. The Morgan fingerprint density at radius 3 is 2.54 bits per heavy atom. The summed E-state index contributed by atoms with van der Waals surface area (Å²) in [5.41, 5.74) is 4.90. The zero-order chi connectivity index (χ0) is 20.8. The fourth-order valence-electron chi connectivity index (χ4n) is 3.09. The topological polar surface area (TPSA) is 76.0 Å². The van der Waals surface area contributed by atoms with E-state index in [4.69, 9.17) is 0 Å². The molecule has 0 saturated carbocycles. The van der Waals surface area contributed by atoms with Crippen LogP contribution in [0.4, 0.5) is 5.69 Å². The summed E-state index contributed by atoms with van der Waals surface area (Å²) in [6, 6.07) is 5.63. The first kappa shape index (κ1) is 22.1. The first-order valence-corrected chi connectivity index (χ1v) is 10.3. The molecule has 0 aliphatic carbocycles. The Morgan fingerprint density at radius 2 is 1.89 bits per heavy atom. The van der Waals surface area contributed by atoms with Crippen molar-refractivity contribution in [1.82, 2.24) is 15.1 Å². The Labute approximate surface area is 175 Å². The van der Waals surface area contributed by atoms with E-state index in [-0.39, 0.29) is 18.4 Å². The van der Waals surface area contributed by atoms with Crippen molar-refractivity contribution >= 4 is 33.4 Å². The lowest BCUT2D eigenvalue weighted by Crippen LogP contribution is -2.33. The number of hydrogen-bond acceptors (Lipinski definition) is 3. The minimum atomic E-state index is -0.240. The number of halogens is 1. The third-order valence-corrected chi connectivity index (χ3v) is 5.07. The molecule has 0 atom stereocenters. The average Bonchev–Trinajstić information content (AvgIpc) is 2.86. The van der Waals surface area contributed by atoms with Crippen LogP contribution in [-0.4, -0.2) is 28.1 Å². The number of amides is 2. The summed E-state index contributed by atoms with van der Waals surface area (Å²) < 4.78 is 2.97. The van der Waals surface area contributed by atoms with E-state index in [0.717, 1.165) is 39.2 Å². The molecule has 0 aliphatic heterocycles. The van der Waals surface area contributed by atoms with Gasteiger partial charge in [0.1, 0.15) is 0 Å². The molecular formula is C21H29BrN4O2. The molecule has 0 bridgehead atoms. The average molecular weight is 449 g/mol. The second-order valence-electron chi connectivity index (χ2n) is 7.51. The highest BCUT2D eigenvalue weighted by molar-refractivity contribution is 9.10. The number of benzene rings is 1. The number of aromatic nitrogens is 2. The number of hydrogen-bond donors (Lipinski definition) is 2. The van der Waals surface area contributed by atoms with Crippen LogP contribution in [0, 0.1) is 26.7 Å². The Hall–Kier alpha value is -2.15. The molecule has 2 aromatic rings. The molecule has 7 heteroatoms. The lowest BCUT2D eigenvalue weighted by molar-refractivity contribution is -0.124. The predicted octanol–water partition coefficient (Wildman–Crippen LogP) is 3.91. The SMILES string of the molecule is Cc1cc(Br)ccc1NC(=O)CNC(=O)CCc1c(C)nn(CC(C)C)c1C. The first-order valence-electron chi connectivity index (χ1n) is 9.53. The molecule has 0 unspecified atom stereocenters. The number of anilines is 1. The van der Waals surface area contributed by atoms with Gasteiger partial charge in [0, 0.05) is 28.8 Å². The van der Waals surface area contributed by atoms with Crippen molar-refractivity contribution in [2.24, 2.45) is 5.92 Å². The van der Waals surface area contributed by atoms with Crippen LogP contribution in [0.3, 0.4) is 0 Å². The molecular weight excluding hydrogens is 420 g/mol. The molecule has 0 spiro atoms. The number of nitrogens with one attached hydrogen (secondary N) is 2. The van der Waals surface area contributed by atoms with Gasteiger partial charge < -0.3 is 10.6 Å². The van der Waals surface area contributed by atoms with E-state index in [1.807, 2.05) is 43.7 Å². The van der Waals surface area contributed by atoms with Crippen molar-refractivity contribution in [2.75, 3.05) is 11.9 Å². The van der Waals surface area contributed by atoms with Gasteiger partial charge in [-0.3, -0.25) is 14.3 Å². The highest BCUT2D eigenvalue weighted by Crippen LogP contribution is 2.20. The second kappa shape index (κ2) is 9.87. The summed E-state index contributed by atoms with van der Waals surface area (Å²) in [5.74, 6) is 0.135. The summed E-state index contributed by atoms with van der Waals surface area (Å²) in [7, 11) is 0. The van der Waals surface area contributed by atoms with Crippen molar-refractivity contribution in [3.05, 3.63) is 45.2 Å². The molecule has 152 valence electrons. The third kappa shape index (κ3) is 6.19. The number of carbonyl (C=O) groups excluding carboxylic acids is 2. The summed E-state index contributed by atoms with van der Waals surface area (Å²) >= 11 is 3.40. The van der Waals surface area contributed by atoms with Gasteiger partial charge in [0.2, 0.25) is 11.8 Å². The molecule has 0 fully saturated rings. The van der Waals surface area contributed by atoms with E-state index in [1.54, 1.807) is 0 Å². The quantitative estimate of drug-likeness (QED) is 0.642. The summed E-state index contributed by atoms with van der Waals surface area (Å²) in [6.07, 6.45) is 0.953. The highest BCUT2D eigenvalue weighted by Gasteiger charge is 2.14. The second-order valence-corrected chi connectivity index (χ2v) is 8.43. The van der Waals surface area contributed by atoms with Gasteiger partial charge in [-0.05, 0) is 62.4 Å². The molecule has 1 heterocycles. The smallest absolute Gasteiger partial charge is 0.243 e. The highest BCUT2D eigenvalue weighted by atomic mass is 79.9. The fraction of sp³-hybridized carbons (Fsp3) is 0.476. The van der Waals surface area contributed by atoms with Crippen LogP contribution in [0.25, 0.3) is 0 Å². The number of rotatable bonds is 8. The van der Waals surface area contributed by atoms with Gasteiger partial charge in [-0.25, -0.2) is 0 Å². The molecule has 2 N–H and O–H groups in total. The minimum Gasteiger partial charge on any atom is -0.347 e. The Morgan fingerprint density at radius 1 is 1.18 bits per heavy atom. The van der Waals surface area contributed by atoms with Crippen LogP contribution < -0.4 is 10.6 Å². The lowest BCUT2D eigenvalue weighted by Gasteiger charge is -2.10. The predicted molar refractivity (Wildman–Crippen MR) is 115 cm³/mol. The maximum absolute atomic E-state index is 12.2. The standard InChI is InChI=1S/C21H29BrN4O2/c1-13(2)12-26-16(5)18(15(4)25-26)7-9-20(27)23-11-21(28)24-19-8-6-17(22)10-14(19)3/h6,8,10,13H,7,9,11-12H2,1-5H3,(H,23,27)(H,24,28). The number of carbonyl (C=O) groups is 2. The minimum absolute atomic E-state index is 0.0427. The van der Waals surface area contributed by atoms with Crippen LogP contribution >= 0.6 is 15.9 Å². The van der Waals surface area contributed by atoms with Crippen molar-refractivity contribution in [2.45, 2.75) is 54.0 Å². The van der Waals surface area contributed by atoms with Gasteiger partial charge in [-0.15, -0.1) is 0 Å². The van der Waals surface area contributed by atoms with Crippen molar-refractivity contribution < 1.29 is 9.59 Å². The zero-order valence-corrected chi connectivity index (χ0v) is 18.8. The van der Waals surface area contributed by atoms with Crippen molar-refractivity contribution in [3.63, 3.8) is 0 Å². The molecule has 2 rings (SSSR count). The van der Waals surface area contributed by atoms with Crippen molar-refractivity contribution in [1.29, 1.82) is 0 Å². The Balaban J connectivity index is 1.83. The lowest BCUT2D eigenvalue weighted by atomic mass is 10.1. The van der Waals surface area contributed by atoms with Gasteiger partial charge in [0.25, 0.3) is 0 Å². The Kier molecular flexibility index (Phi) is 7.80. The fourth-order valence-corrected chi connectivity index (χ4v) is 3.56. The van der Waals surface area contributed by atoms with Gasteiger partial charge in [0.15, 0.2) is 0 Å². The van der Waals surface area contributed by atoms with Gasteiger partial charge in [-0.1, -0.05) is 29.8 Å². The first-order chi connectivity index (χ1) is 13.2. The van der Waals surface area contributed by atoms with Gasteiger partial charge >= 0.3 is 0 Å². The van der Waals surface area contributed by atoms with E-state index in [2.05, 4.69) is 45.5 Å². The number of aryl methyl sites for hydroxylation is 2. The molecule has 1 aromatic heterocycles. The van der Waals surface area contributed by atoms with E-state index in [9.17, 15) is 9.59 Å². The van der Waals surface area contributed by atoms with E-state index in [1.165, 1.54) is 0 Å². The van der Waals surface area contributed by atoms with Crippen LogP contribution in [0.5, 0.6) is 0 Å². The van der Waals surface area contributed by atoms with Gasteiger partial charge in [0.05, 0.1) is 12.2 Å². The van der Waals surface area contributed by atoms with Crippen LogP contribution in [0.2, 0.25) is 0 Å². The molecule has 2 amide bonds. The summed E-state index contributed by atoms with van der Waals surface area (Å²) in [5, 5.41) is 10.1. The van der Waals surface area contributed by atoms with Crippen molar-refractivity contribution in [3.8, 4) is 0 Å². The molecule has 0 aliphatic rings. The van der Waals surface area contributed by atoms with E-state index >= 15 is 0 Å². The largest absolute Gasteiger partial charge is 0.347 e. The molecule has 0 saturated heterocycles. The summed E-state index contributed by atoms with van der Waals surface area (Å²) in [6.45, 7) is 11.1. The molecule has 0 radical (unpaired) electrons.